The fourth-order valence-corrected chi connectivity index (χ4v) is 4.32. The number of rotatable bonds is 5. The first-order valence-electron chi connectivity index (χ1n) is 9.09. The maximum Gasteiger partial charge on any atom is 0.293 e. The van der Waals surface area contributed by atoms with Crippen molar-refractivity contribution in [2.24, 2.45) is 0 Å². The molecule has 2 N–H and O–H groups in total. The van der Waals surface area contributed by atoms with Gasteiger partial charge in [-0.1, -0.05) is 37.5 Å². The summed E-state index contributed by atoms with van der Waals surface area (Å²) < 4.78 is 13.8. The smallest absolute Gasteiger partial charge is 0.293 e. The zero-order chi connectivity index (χ0) is 19.2. The van der Waals surface area contributed by atoms with Gasteiger partial charge in [0.1, 0.15) is 5.82 Å². The van der Waals surface area contributed by atoms with Crippen molar-refractivity contribution in [3.63, 3.8) is 0 Å². The summed E-state index contributed by atoms with van der Waals surface area (Å²) in [4.78, 5) is 26.0. The van der Waals surface area contributed by atoms with Gasteiger partial charge in [0.25, 0.3) is 11.1 Å². The van der Waals surface area contributed by atoms with Crippen LogP contribution in [0.5, 0.6) is 0 Å². The van der Waals surface area contributed by atoms with Crippen molar-refractivity contribution in [1.29, 1.82) is 0 Å². The Morgan fingerprint density at radius 1 is 1.26 bits per heavy atom. The summed E-state index contributed by atoms with van der Waals surface area (Å²) >= 11 is 6.12. The van der Waals surface area contributed by atoms with Gasteiger partial charge in [-0.15, -0.1) is 0 Å². The molecule has 2 aliphatic rings. The fraction of sp³-hybridized carbons (Fsp3) is 0.421. The summed E-state index contributed by atoms with van der Waals surface area (Å²) in [6.07, 6.45) is 7.36. The summed E-state index contributed by atoms with van der Waals surface area (Å²) in [7, 11) is 0. The number of halogens is 1. The first kappa shape index (κ1) is 19.8. The minimum atomic E-state index is -0.426. The minimum absolute atomic E-state index is 0.214. The molecule has 1 aromatic rings. The number of hydrogen-bond acceptors (Lipinski definition) is 4. The van der Waals surface area contributed by atoms with Crippen LogP contribution in [-0.4, -0.2) is 40.3 Å². The molecule has 3 rings (SSSR count). The van der Waals surface area contributed by atoms with Crippen LogP contribution >= 0.6 is 24.0 Å². The molecule has 1 saturated carbocycles. The highest BCUT2D eigenvalue weighted by molar-refractivity contribution is 8.18. The fourth-order valence-electron chi connectivity index (χ4n) is 3.19. The Labute approximate surface area is 167 Å². The first-order chi connectivity index (χ1) is 13.0. The molecule has 1 aliphatic heterocycles. The van der Waals surface area contributed by atoms with Gasteiger partial charge < -0.3 is 10.6 Å². The van der Waals surface area contributed by atoms with Gasteiger partial charge in [0, 0.05) is 24.7 Å². The van der Waals surface area contributed by atoms with Gasteiger partial charge in [0.15, 0.2) is 5.11 Å². The van der Waals surface area contributed by atoms with Gasteiger partial charge in [0.05, 0.1) is 4.91 Å². The second-order valence-electron chi connectivity index (χ2n) is 6.59. The van der Waals surface area contributed by atoms with Crippen molar-refractivity contribution < 1.29 is 14.0 Å². The molecule has 0 bridgehead atoms. The number of nitrogens with one attached hydrogen (secondary N) is 2. The summed E-state index contributed by atoms with van der Waals surface area (Å²) in [6, 6.07) is 6.55. The van der Waals surface area contributed by atoms with E-state index in [0.29, 0.717) is 23.3 Å². The lowest BCUT2D eigenvalue weighted by atomic mass is 9.96. The van der Waals surface area contributed by atoms with E-state index in [0.717, 1.165) is 29.5 Å². The molecule has 27 heavy (non-hydrogen) atoms. The molecule has 0 radical (unpaired) electrons. The molecule has 0 unspecified atom stereocenters. The van der Waals surface area contributed by atoms with Crippen molar-refractivity contribution in [3.05, 3.63) is 40.6 Å². The topological polar surface area (TPSA) is 61.4 Å². The van der Waals surface area contributed by atoms with E-state index < -0.39 is 11.7 Å². The molecule has 8 heteroatoms. The predicted molar refractivity (Wildman–Crippen MR) is 110 cm³/mol. The van der Waals surface area contributed by atoms with Crippen molar-refractivity contribution in [2.45, 2.75) is 38.1 Å². The summed E-state index contributed by atoms with van der Waals surface area (Å²) in [6.45, 7) is 0.593. The SMILES string of the molecule is O=C1S/C(=C\c2ccccc2F)C(=O)N1CCNC(=S)NC1CCCCC1. The van der Waals surface area contributed by atoms with E-state index in [9.17, 15) is 14.0 Å². The van der Waals surface area contributed by atoms with Gasteiger partial charge in [-0.05, 0) is 49.0 Å². The average molecular weight is 408 g/mol. The number of nitrogens with zero attached hydrogens (tertiary/aromatic N) is 1. The predicted octanol–water partition coefficient (Wildman–Crippen LogP) is 3.66. The standard InChI is InChI=1S/C19H22FN3O2S2/c20-15-9-5-4-6-13(15)12-16-17(24)23(19(25)27-16)11-10-21-18(26)22-14-7-2-1-3-8-14/h4-6,9,12,14H,1-3,7-8,10-11H2,(H2,21,22,26)/b16-12-. The molecular weight excluding hydrogens is 385 g/mol. The third kappa shape index (κ3) is 5.29. The number of thiocarbonyl (C=S) groups is 1. The van der Waals surface area contributed by atoms with Gasteiger partial charge >= 0.3 is 0 Å². The second kappa shape index (κ2) is 9.32. The van der Waals surface area contributed by atoms with E-state index in [1.807, 2.05) is 0 Å². The maximum absolute atomic E-state index is 13.8. The van der Waals surface area contributed by atoms with Crippen LogP contribution in [0, 0.1) is 5.82 Å². The third-order valence-electron chi connectivity index (χ3n) is 4.63. The average Bonchev–Trinajstić information content (AvgIpc) is 2.92. The lowest BCUT2D eigenvalue weighted by molar-refractivity contribution is -0.122. The molecule has 1 aliphatic carbocycles. The van der Waals surface area contributed by atoms with Crippen LogP contribution in [0.25, 0.3) is 6.08 Å². The Hall–Kier alpha value is -1.93. The highest BCUT2D eigenvalue weighted by atomic mass is 32.2. The van der Waals surface area contributed by atoms with E-state index in [1.54, 1.807) is 18.2 Å². The Morgan fingerprint density at radius 3 is 2.74 bits per heavy atom. The quantitative estimate of drug-likeness (QED) is 0.574. The van der Waals surface area contributed by atoms with E-state index in [-0.39, 0.29) is 16.7 Å². The molecule has 144 valence electrons. The van der Waals surface area contributed by atoms with Crippen LogP contribution in [0.2, 0.25) is 0 Å². The van der Waals surface area contributed by atoms with Gasteiger partial charge in [-0.2, -0.15) is 0 Å². The van der Waals surface area contributed by atoms with Crippen LogP contribution in [0.15, 0.2) is 29.2 Å². The molecule has 1 aromatic carbocycles. The highest BCUT2D eigenvalue weighted by Crippen LogP contribution is 2.32. The van der Waals surface area contributed by atoms with E-state index in [2.05, 4.69) is 10.6 Å². The molecule has 2 fully saturated rings. The molecule has 1 saturated heterocycles. The number of carbonyl (C=O) groups is 2. The number of thioether (sulfide) groups is 1. The Bertz CT molecular complexity index is 763. The van der Waals surface area contributed by atoms with E-state index >= 15 is 0 Å². The van der Waals surface area contributed by atoms with Gasteiger partial charge in [0.2, 0.25) is 0 Å². The highest BCUT2D eigenvalue weighted by Gasteiger charge is 2.34. The van der Waals surface area contributed by atoms with Crippen LogP contribution in [0.1, 0.15) is 37.7 Å². The largest absolute Gasteiger partial charge is 0.361 e. The summed E-state index contributed by atoms with van der Waals surface area (Å²) in [5.41, 5.74) is 0.291. The van der Waals surface area contributed by atoms with Crippen LogP contribution in [-0.2, 0) is 4.79 Å². The number of amides is 2. The number of imide groups is 1. The van der Waals surface area contributed by atoms with Crippen LogP contribution in [0.4, 0.5) is 9.18 Å². The maximum atomic E-state index is 13.8. The van der Waals surface area contributed by atoms with Crippen molar-refractivity contribution in [1.82, 2.24) is 15.5 Å². The van der Waals surface area contributed by atoms with Gasteiger partial charge in [-0.25, -0.2) is 4.39 Å². The molecule has 0 spiro atoms. The second-order valence-corrected chi connectivity index (χ2v) is 7.99. The number of carbonyl (C=O) groups excluding carboxylic acids is 2. The lowest BCUT2D eigenvalue weighted by Crippen LogP contribution is -2.45. The monoisotopic (exact) mass is 407 g/mol. The van der Waals surface area contributed by atoms with Gasteiger partial charge in [-0.3, -0.25) is 14.5 Å². The summed E-state index contributed by atoms with van der Waals surface area (Å²) in [5.74, 6) is -0.827. The zero-order valence-corrected chi connectivity index (χ0v) is 16.5. The summed E-state index contributed by atoms with van der Waals surface area (Å²) in [5, 5.41) is 6.55. The molecule has 1 heterocycles. The van der Waals surface area contributed by atoms with Crippen molar-refractivity contribution in [2.75, 3.05) is 13.1 Å². The van der Waals surface area contributed by atoms with E-state index in [1.165, 1.54) is 31.4 Å². The minimum Gasteiger partial charge on any atom is -0.361 e. The zero-order valence-electron chi connectivity index (χ0n) is 14.9. The third-order valence-corrected chi connectivity index (χ3v) is 5.80. The van der Waals surface area contributed by atoms with Crippen LogP contribution < -0.4 is 10.6 Å². The molecule has 0 aromatic heterocycles. The molecule has 2 amide bonds. The van der Waals surface area contributed by atoms with Crippen LogP contribution in [0.3, 0.4) is 0 Å². The van der Waals surface area contributed by atoms with E-state index in [4.69, 9.17) is 12.2 Å². The lowest BCUT2D eigenvalue weighted by Gasteiger charge is -2.24. The first-order valence-corrected chi connectivity index (χ1v) is 10.3. The Kier molecular flexibility index (Phi) is 6.84. The number of hydrogen-bond donors (Lipinski definition) is 2. The Balaban J connectivity index is 1.50. The molecule has 5 nitrogen and oxygen atoms in total. The van der Waals surface area contributed by atoms with Crippen molar-refractivity contribution >= 4 is 46.3 Å². The Morgan fingerprint density at radius 2 is 2.00 bits per heavy atom. The number of benzene rings is 1. The molecule has 0 atom stereocenters. The van der Waals surface area contributed by atoms with Crippen molar-refractivity contribution in [3.8, 4) is 0 Å². The molecular formula is C19H22FN3O2S2. The normalized spacial score (nSPS) is 19.6.